The van der Waals surface area contributed by atoms with E-state index in [0.717, 1.165) is 6.07 Å². The maximum atomic E-state index is 12.8. The Morgan fingerprint density at radius 1 is 1.08 bits per heavy atom. The Labute approximate surface area is 152 Å². The third-order valence-corrected chi connectivity index (χ3v) is 3.91. The largest absolute Gasteiger partial charge is 0.435 e. The number of aryl methyl sites for hydroxylation is 1. The standard InChI is InChI=1S/C18H13ClF3N3O/c1-11-10-16(18(20,21)22)24-25(11)15-8-6-14(7-9-15)23-17(26)12-2-4-13(19)5-3-12/h2-10H,1H3,(H,23,26). The van der Waals surface area contributed by atoms with Crippen molar-refractivity contribution in [3.63, 3.8) is 0 Å². The summed E-state index contributed by atoms with van der Waals surface area (Å²) < 4.78 is 39.5. The molecule has 134 valence electrons. The van der Waals surface area contributed by atoms with Gasteiger partial charge in [0.15, 0.2) is 5.69 Å². The molecule has 0 spiro atoms. The van der Waals surface area contributed by atoms with E-state index >= 15 is 0 Å². The first-order valence-corrected chi connectivity index (χ1v) is 7.93. The molecular weight excluding hydrogens is 367 g/mol. The van der Waals surface area contributed by atoms with Crippen molar-refractivity contribution in [2.75, 3.05) is 5.32 Å². The second kappa shape index (κ2) is 6.84. The van der Waals surface area contributed by atoms with Gasteiger partial charge in [0.05, 0.1) is 5.69 Å². The van der Waals surface area contributed by atoms with E-state index in [1.807, 2.05) is 0 Å². The van der Waals surface area contributed by atoms with Crippen LogP contribution >= 0.6 is 11.6 Å². The third kappa shape index (κ3) is 3.88. The number of halogens is 4. The summed E-state index contributed by atoms with van der Waals surface area (Å²) in [6.07, 6.45) is -4.50. The summed E-state index contributed by atoms with van der Waals surface area (Å²) in [6.45, 7) is 1.54. The molecule has 1 amide bonds. The highest BCUT2D eigenvalue weighted by Crippen LogP contribution is 2.29. The molecule has 1 heterocycles. The normalized spacial score (nSPS) is 11.4. The van der Waals surface area contributed by atoms with Crippen molar-refractivity contribution >= 4 is 23.2 Å². The van der Waals surface area contributed by atoms with Gasteiger partial charge in [0, 0.05) is 22.0 Å². The van der Waals surface area contributed by atoms with Crippen LogP contribution in [0.2, 0.25) is 5.02 Å². The highest BCUT2D eigenvalue weighted by atomic mass is 35.5. The lowest BCUT2D eigenvalue weighted by Gasteiger charge is -2.08. The molecule has 0 aliphatic rings. The molecule has 0 unspecified atom stereocenters. The number of aromatic nitrogens is 2. The zero-order chi connectivity index (χ0) is 18.9. The molecule has 8 heteroatoms. The van der Waals surface area contributed by atoms with Crippen LogP contribution in [-0.4, -0.2) is 15.7 Å². The number of anilines is 1. The van der Waals surface area contributed by atoms with Crippen LogP contribution in [0.25, 0.3) is 5.69 Å². The number of amides is 1. The Morgan fingerprint density at radius 3 is 2.23 bits per heavy atom. The van der Waals surface area contributed by atoms with Crippen LogP contribution in [0.3, 0.4) is 0 Å². The van der Waals surface area contributed by atoms with Gasteiger partial charge >= 0.3 is 6.18 Å². The minimum Gasteiger partial charge on any atom is -0.322 e. The van der Waals surface area contributed by atoms with Gasteiger partial charge in [-0.2, -0.15) is 18.3 Å². The zero-order valence-electron chi connectivity index (χ0n) is 13.5. The molecule has 0 fully saturated rings. The van der Waals surface area contributed by atoms with Gasteiger partial charge in [0.1, 0.15) is 0 Å². The van der Waals surface area contributed by atoms with E-state index in [4.69, 9.17) is 11.6 Å². The number of rotatable bonds is 3. The van der Waals surface area contributed by atoms with Crippen molar-refractivity contribution in [3.8, 4) is 5.69 Å². The van der Waals surface area contributed by atoms with Gasteiger partial charge in [-0.1, -0.05) is 11.6 Å². The van der Waals surface area contributed by atoms with Crippen molar-refractivity contribution < 1.29 is 18.0 Å². The van der Waals surface area contributed by atoms with Crippen LogP contribution in [0, 0.1) is 6.92 Å². The lowest BCUT2D eigenvalue weighted by molar-refractivity contribution is -0.141. The van der Waals surface area contributed by atoms with Crippen LogP contribution in [0.15, 0.2) is 54.6 Å². The lowest BCUT2D eigenvalue weighted by atomic mass is 10.2. The topological polar surface area (TPSA) is 46.9 Å². The molecule has 4 nitrogen and oxygen atoms in total. The fourth-order valence-corrected chi connectivity index (χ4v) is 2.49. The molecule has 0 radical (unpaired) electrons. The van der Waals surface area contributed by atoms with Crippen molar-refractivity contribution in [3.05, 3.63) is 76.6 Å². The van der Waals surface area contributed by atoms with Gasteiger partial charge in [-0.25, -0.2) is 4.68 Å². The van der Waals surface area contributed by atoms with Gasteiger partial charge < -0.3 is 5.32 Å². The van der Waals surface area contributed by atoms with Crippen molar-refractivity contribution in [2.45, 2.75) is 13.1 Å². The Balaban J connectivity index is 1.78. The van der Waals surface area contributed by atoms with E-state index in [0.29, 0.717) is 27.7 Å². The van der Waals surface area contributed by atoms with Gasteiger partial charge in [0.25, 0.3) is 5.91 Å². The first-order chi connectivity index (χ1) is 12.2. The average Bonchev–Trinajstić information content (AvgIpc) is 2.98. The predicted molar refractivity (Wildman–Crippen MR) is 92.7 cm³/mol. The maximum absolute atomic E-state index is 12.8. The molecule has 1 N–H and O–H groups in total. The van der Waals surface area contributed by atoms with Gasteiger partial charge in [-0.3, -0.25) is 4.79 Å². The lowest BCUT2D eigenvalue weighted by Crippen LogP contribution is -2.11. The number of carbonyl (C=O) groups is 1. The molecule has 0 aliphatic heterocycles. The van der Waals surface area contributed by atoms with Crippen LogP contribution < -0.4 is 5.32 Å². The first-order valence-electron chi connectivity index (χ1n) is 7.55. The second-order valence-corrected chi connectivity index (χ2v) is 6.02. The molecule has 0 bridgehead atoms. The van der Waals surface area contributed by atoms with Gasteiger partial charge in [0.2, 0.25) is 0 Å². The summed E-state index contributed by atoms with van der Waals surface area (Å²) in [4.78, 5) is 12.2. The number of nitrogens with zero attached hydrogens (tertiary/aromatic N) is 2. The van der Waals surface area contributed by atoms with Crippen molar-refractivity contribution in [1.29, 1.82) is 0 Å². The highest BCUT2D eigenvalue weighted by Gasteiger charge is 2.34. The molecule has 26 heavy (non-hydrogen) atoms. The molecule has 3 rings (SSSR count). The smallest absolute Gasteiger partial charge is 0.322 e. The monoisotopic (exact) mass is 379 g/mol. The summed E-state index contributed by atoms with van der Waals surface area (Å²) in [5, 5.41) is 6.82. The maximum Gasteiger partial charge on any atom is 0.435 e. The van der Waals surface area contributed by atoms with E-state index in [1.165, 1.54) is 4.68 Å². The second-order valence-electron chi connectivity index (χ2n) is 5.59. The SMILES string of the molecule is Cc1cc(C(F)(F)F)nn1-c1ccc(NC(=O)c2ccc(Cl)cc2)cc1. The quantitative estimate of drug-likeness (QED) is 0.687. The number of hydrogen-bond acceptors (Lipinski definition) is 2. The van der Waals surface area contributed by atoms with E-state index in [9.17, 15) is 18.0 Å². The highest BCUT2D eigenvalue weighted by molar-refractivity contribution is 6.30. The summed E-state index contributed by atoms with van der Waals surface area (Å²) >= 11 is 5.78. The van der Waals surface area contributed by atoms with Gasteiger partial charge in [-0.15, -0.1) is 0 Å². The minimum absolute atomic E-state index is 0.316. The van der Waals surface area contributed by atoms with Crippen LogP contribution in [0.5, 0.6) is 0 Å². The number of hydrogen-bond donors (Lipinski definition) is 1. The number of carbonyl (C=O) groups excluding carboxylic acids is 1. The molecule has 3 aromatic rings. The van der Waals surface area contributed by atoms with E-state index in [2.05, 4.69) is 10.4 Å². The first kappa shape index (κ1) is 18.0. The van der Waals surface area contributed by atoms with E-state index in [1.54, 1.807) is 55.5 Å². The summed E-state index contributed by atoms with van der Waals surface area (Å²) in [5.74, 6) is -0.316. The van der Waals surface area contributed by atoms with Crippen molar-refractivity contribution in [1.82, 2.24) is 9.78 Å². The Morgan fingerprint density at radius 2 is 1.69 bits per heavy atom. The van der Waals surface area contributed by atoms with Crippen LogP contribution in [-0.2, 0) is 6.18 Å². The minimum atomic E-state index is -4.50. The molecule has 0 aliphatic carbocycles. The molecule has 0 saturated heterocycles. The molecule has 1 aromatic heterocycles. The third-order valence-electron chi connectivity index (χ3n) is 3.65. The van der Waals surface area contributed by atoms with Gasteiger partial charge in [-0.05, 0) is 61.5 Å². The van der Waals surface area contributed by atoms with Crippen molar-refractivity contribution in [2.24, 2.45) is 0 Å². The summed E-state index contributed by atoms with van der Waals surface area (Å²) in [6, 6.07) is 13.7. The number of nitrogens with one attached hydrogen (secondary N) is 1. The Kier molecular flexibility index (Phi) is 4.73. The zero-order valence-corrected chi connectivity index (χ0v) is 14.3. The number of benzene rings is 2. The van der Waals surface area contributed by atoms with E-state index < -0.39 is 11.9 Å². The van der Waals surface area contributed by atoms with E-state index in [-0.39, 0.29) is 5.91 Å². The molecule has 2 aromatic carbocycles. The Bertz CT molecular complexity index is 932. The Hall–Kier alpha value is -2.80. The predicted octanol–water partition coefficient (Wildman–Crippen LogP) is 5.11. The van der Waals surface area contributed by atoms with Crippen LogP contribution in [0.1, 0.15) is 21.7 Å². The fourth-order valence-electron chi connectivity index (χ4n) is 2.36. The summed E-state index contributed by atoms with van der Waals surface area (Å²) in [7, 11) is 0. The fraction of sp³-hybridized carbons (Fsp3) is 0.111. The van der Waals surface area contributed by atoms with Crippen LogP contribution in [0.4, 0.5) is 18.9 Å². The number of alkyl halides is 3. The molecular formula is C18H13ClF3N3O. The molecule has 0 atom stereocenters. The summed E-state index contributed by atoms with van der Waals surface area (Å²) in [5.41, 5.74) is 0.818. The molecule has 0 saturated carbocycles. The average molecular weight is 380 g/mol.